The molecule has 0 unspecified atom stereocenters. The fraction of sp³-hybridized carbons (Fsp3) is 0.500. The van der Waals surface area contributed by atoms with E-state index in [1.54, 1.807) is 7.11 Å². The van der Waals surface area contributed by atoms with E-state index in [1.165, 1.54) is 5.56 Å². The van der Waals surface area contributed by atoms with Gasteiger partial charge in [-0.2, -0.15) is 0 Å². The van der Waals surface area contributed by atoms with E-state index in [-0.39, 0.29) is 0 Å². The molecule has 0 bridgehead atoms. The van der Waals surface area contributed by atoms with Crippen molar-refractivity contribution >= 4 is 5.69 Å². The number of aryl methyl sites for hydroxylation is 1. The van der Waals surface area contributed by atoms with Crippen LogP contribution in [0.15, 0.2) is 18.2 Å². The Morgan fingerprint density at radius 3 is 2.57 bits per heavy atom. The average Bonchev–Trinajstić information content (AvgIpc) is 2.14. The van der Waals surface area contributed by atoms with Gasteiger partial charge in [-0.15, -0.1) is 0 Å². The van der Waals surface area contributed by atoms with Crippen LogP contribution in [-0.2, 0) is 0 Å². The molecule has 0 aliphatic rings. The lowest BCUT2D eigenvalue weighted by Crippen LogP contribution is -2.07. The maximum atomic E-state index is 5.20. The first-order valence-corrected chi connectivity index (χ1v) is 5.01. The molecular formula is C12H19NO. The zero-order valence-electron chi connectivity index (χ0n) is 9.42. The van der Waals surface area contributed by atoms with Crippen LogP contribution >= 0.6 is 0 Å². The minimum atomic E-state index is 0.654. The maximum absolute atomic E-state index is 5.20. The number of nitrogens with one attached hydrogen (secondary N) is 1. The Bertz CT molecular complexity index is 294. The second kappa shape index (κ2) is 4.89. The van der Waals surface area contributed by atoms with Crippen LogP contribution in [0.2, 0.25) is 0 Å². The highest BCUT2D eigenvalue weighted by Crippen LogP contribution is 2.20. The van der Waals surface area contributed by atoms with Crippen molar-refractivity contribution in [1.82, 2.24) is 0 Å². The fourth-order valence-electron chi connectivity index (χ4n) is 1.29. The number of hydrogen-bond donors (Lipinski definition) is 1. The normalized spacial score (nSPS) is 10.4. The van der Waals surface area contributed by atoms with Crippen molar-refractivity contribution in [3.63, 3.8) is 0 Å². The van der Waals surface area contributed by atoms with Crippen LogP contribution in [0.5, 0.6) is 5.75 Å². The molecule has 0 heterocycles. The van der Waals surface area contributed by atoms with Crippen molar-refractivity contribution in [3.05, 3.63) is 23.8 Å². The predicted molar refractivity (Wildman–Crippen MR) is 61.1 cm³/mol. The SMILES string of the molecule is COc1cc(C)cc(NCC(C)C)c1. The van der Waals surface area contributed by atoms with Crippen LogP contribution in [0.3, 0.4) is 0 Å². The first kappa shape index (κ1) is 10.9. The standard InChI is InChI=1S/C12H19NO/c1-9(2)8-13-11-5-10(3)6-12(7-11)14-4/h5-7,9,13H,8H2,1-4H3. The molecule has 0 radical (unpaired) electrons. The first-order chi connectivity index (χ1) is 6.61. The first-order valence-electron chi connectivity index (χ1n) is 5.01. The van der Waals surface area contributed by atoms with Gasteiger partial charge in [0.05, 0.1) is 7.11 Å². The second-order valence-corrected chi connectivity index (χ2v) is 4.01. The van der Waals surface area contributed by atoms with Gasteiger partial charge in [-0.25, -0.2) is 0 Å². The molecule has 1 aromatic carbocycles. The molecule has 14 heavy (non-hydrogen) atoms. The minimum Gasteiger partial charge on any atom is -0.497 e. The van der Waals surface area contributed by atoms with Crippen molar-refractivity contribution in [2.24, 2.45) is 5.92 Å². The van der Waals surface area contributed by atoms with Gasteiger partial charge in [0.2, 0.25) is 0 Å². The summed E-state index contributed by atoms with van der Waals surface area (Å²) in [6, 6.07) is 6.18. The highest BCUT2D eigenvalue weighted by Gasteiger charge is 1.99. The molecule has 2 heteroatoms. The third-order valence-electron chi connectivity index (χ3n) is 2.00. The number of benzene rings is 1. The van der Waals surface area contributed by atoms with Gasteiger partial charge in [0.15, 0.2) is 0 Å². The van der Waals surface area contributed by atoms with Gasteiger partial charge in [-0.3, -0.25) is 0 Å². The Kier molecular flexibility index (Phi) is 3.81. The lowest BCUT2D eigenvalue weighted by atomic mass is 10.2. The number of rotatable bonds is 4. The van der Waals surface area contributed by atoms with E-state index in [9.17, 15) is 0 Å². The van der Waals surface area contributed by atoms with Gasteiger partial charge in [0.25, 0.3) is 0 Å². The molecule has 0 amide bonds. The van der Waals surface area contributed by atoms with Crippen molar-refractivity contribution in [1.29, 1.82) is 0 Å². The Morgan fingerprint density at radius 2 is 2.00 bits per heavy atom. The molecule has 1 rings (SSSR count). The summed E-state index contributed by atoms with van der Waals surface area (Å²) in [5.74, 6) is 1.57. The number of hydrogen-bond acceptors (Lipinski definition) is 2. The molecule has 0 saturated heterocycles. The fourth-order valence-corrected chi connectivity index (χ4v) is 1.29. The Balaban J connectivity index is 2.71. The van der Waals surface area contributed by atoms with Crippen LogP contribution in [0.25, 0.3) is 0 Å². The molecule has 0 fully saturated rings. The number of methoxy groups -OCH3 is 1. The van der Waals surface area contributed by atoms with E-state index in [4.69, 9.17) is 4.74 Å². The molecule has 0 aromatic heterocycles. The van der Waals surface area contributed by atoms with Crippen LogP contribution in [0, 0.1) is 12.8 Å². The lowest BCUT2D eigenvalue weighted by Gasteiger charge is -2.11. The zero-order chi connectivity index (χ0) is 10.6. The number of anilines is 1. The number of ether oxygens (including phenoxy) is 1. The van der Waals surface area contributed by atoms with Gasteiger partial charge in [-0.1, -0.05) is 13.8 Å². The van der Waals surface area contributed by atoms with Crippen LogP contribution < -0.4 is 10.1 Å². The van der Waals surface area contributed by atoms with Crippen molar-refractivity contribution in [2.45, 2.75) is 20.8 Å². The molecule has 0 saturated carbocycles. The molecule has 0 spiro atoms. The third-order valence-corrected chi connectivity index (χ3v) is 2.00. The van der Waals surface area contributed by atoms with Crippen LogP contribution in [0.4, 0.5) is 5.69 Å². The van der Waals surface area contributed by atoms with E-state index in [0.717, 1.165) is 18.0 Å². The maximum Gasteiger partial charge on any atom is 0.121 e. The minimum absolute atomic E-state index is 0.654. The molecule has 2 nitrogen and oxygen atoms in total. The molecule has 1 aromatic rings. The summed E-state index contributed by atoms with van der Waals surface area (Å²) in [6.07, 6.45) is 0. The van der Waals surface area contributed by atoms with E-state index in [1.807, 2.05) is 12.1 Å². The van der Waals surface area contributed by atoms with E-state index in [0.29, 0.717) is 5.92 Å². The van der Waals surface area contributed by atoms with Crippen LogP contribution in [0.1, 0.15) is 19.4 Å². The summed E-state index contributed by atoms with van der Waals surface area (Å²) in [5, 5.41) is 3.38. The smallest absolute Gasteiger partial charge is 0.121 e. The third kappa shape index (κ3) is 3.29. The van der Waals surface area contributed by atoms with Crippen molar-refractivity contribution in [2.75, 3.05) is 19.0 Å². The molecule has 1 N–H and O–H groups in total. The summed E-state index contributed by atoms with van der Waals surface area (Å²) in [4.78, 5) is 0. The molecule has 78 valence electrons. The van der Waals surface area contributed by atoms with Gasteiger partial charge >= 0.3 is 0 Å². The predicted octanol–water partition coefficient (Wildman–Crippen LogP) is 3.07. The van der Waals surface area contributed by atoms with Gasteiger partial charge in [0.1, 0.15) is 5.75 Å². The summed E-state index contributed by atoms with van der Waals surface area (Å²) < 4.78 is 5.20. The van der Waals surface area contributed by atoms with Gasteiger partial charge in [0, 0.05) is 18.3 Å². The second-order valence-electron chi connectivity index (χ2n) is 4.01. The Hall–Kier alpha value is -1.18. The molecule has 0 atom stereocenters. The van der Waals surface area contributed by atoms with Gasteiger partial charge in [-0.05, 0) is 30.5 Å². The Labute approximate surface area is 86.3 Å². The quantitative estimate of drug-likeness (QED) is 0.793. The van der Waals surface area contributed by atoms with Gasteiger partial charge < -0.3 is 10.1 Å². The highest BCUT2D eigenvalue weighted by atomic mass is 16.5. The van der Waals surface area contributed by atoms with E-state index in [2.05, 4.69) is 32.2 Å². The molecule has 0 aliphatic heterocycles. The lowest BCUT2D eigenvalue weighted by molar-refractivity contribution is 0.414. The summed E-state index contributed by atoms with van der Waals surface area (Å²) in [7, 11) is 1.70. The largest absolute Gasteiger partial charge is 0.497 e. The van der Waals surface area contributed by atoms with E-state index < -0.39 is 0 Å². The average molecular weight is 193 g/mol. The summed E-state index contributed by atoms with van der Waals surface area (Å²) >= 11 is 0. The summed E-state index contributed by atoms with van der Waals surface area (Å²) in [5.41, 5.74) is 2.35. The summed E-state index contributed by atoms with van der Waals surface area (Å²) in [6.45, 7) is 7.45. The van der Waals surface area contributed by atoms with Crippen molar-refractivity contribution in [3.8, 4) is 5.75 Å². The Morgan fingerprint density at radius 1 is 1.29 bits per heavy atom. The zero-order valence-corrected chi connectivity index (χ0v) is 9.42. The van der Waals surface area contributed by atoms with Crippen molar-refractivity contribution < 1.29 is 4.74 Å². The molecule has 0 aliphatic carbocycles. The molecular weight excluding hydrogens is 174 g/mol. The van der Waals surface area contributed by atoms with E-state index >= 15 is 0 Å². The monoisotopic (exact) mass is 193 g/mol. The topological polar surface area (TPSA) is 21.3 Å². The van der Waals surface area contributed by atoms with Crippen LogP contribution in [-0.4, -0.2) is 13.7 Å². The highest BCUT2D eigenvalue weighted by molar-refractivity contribution is 5.51.